The average molecular weight is 288 g/mol. The van der Waals surface area contributed by atoms with E-state index in [1.54, 1.807) is 0 Å². The lowest BCUT2D eigenvalue weighted by Gasteiger charge is -2.14. The van der Waals surface area contributed by atoms with Crippen molar-refractivity contribution < 1.29 is 4.79 Å². The van der Waals surface area contributed by atoms with Gasteiger partial charge in [0.2, 0.25) is 0 Å². The Balaban J connectivity index is 1.89. The number of carbonyl (C=O) groups is 1. The predicted octanol–water partition coefficient (Wildman–Crippen LogP) is 1.80. The summed E-state index contributed by atoms with van der Waals surface area (Å²) in [5.74, 6) is 0.611. The van der Waals surface area contributed by atoms with E-state index in [4.69, 9.17) is 0 Å². The quantitative estimate of drug-likeness (QED) is 0.652. The van der Waals surface area contributed by atoms with Crippen molar-refractivity contribution in [3.05, 3.63) is 42.0 Å². The molecule has 112 valence electrons. The van der Waals surface area contributed by atoms with Crippen LogP contribution in [0.5, 0.6) is 0 Å². The highest BCUT2D eigenvalue weighted by molar-refractivity contribution is 5.89. The van der Waals surface area contributed by atoms with Crippen LogP contribution in [-0.4, -0.2) is 27.8 Å². The Morgan fingerprint density at radius 2 is 2.29 bits per heavy atom. The van der Waals surface area contributed by atoms with Gasteiger partial charge in [0.05, 0.1) is 6.54 Å². The minimum atomic E-state index is -0.278. The van der Waals surface area contributed by atoms with Crippen molar-refractivity contribution in [2.45, 2.75) is 26.4 Å². The number of benzene rings is 1. The van der Waals surface area contributed by atoms with E-state index in [0.717, 1.165) is 17.8 Å². The van der Waals surface area contributed by atoms with E-state index < -0.39 is 0 Å². The van der Waals surface area contributed by atoms with E-state index in [1.165, 1.54) is 6.33 Å². The van der Waals surface area contributed by atoms with Gasteiger partial charge in [-0.05, 0) is 31.2 Å². The van der Waals surface area contributed by atoms with Gasteiger partial charge >= 0.3 is 6.03 Å². The molecule has 1 unspecified atom stereocenters. The van der Waals surface area contributed by atoms with E-state index in [0.29, 0.717) is 12.4 Å². The first kappa shape index (κ1) is 15.0. The minimum absolute atomic E-state index is 0.244. The van der Waals surface area contributed by atoms with Crippen molar-refractivity contribution in [2.75, 3.05) is 11.9 Å². The lowest BCUT2D eigenvalue weighted by Crippen LogP contribution is -2.28. The number of amides is 2. The lowest BCUT2D eigenvalue weighted by molar-refractivity contribution is 0.251. The van der Waals surface area contributed by atoms with Gasteiger partial charge in [0.15, 0.2) is 0 Å². The van der Waals surface area contributed by atoms with Gasteiger partial charge in [-0.2, -0.15) is 5.10 Å². The summed E-state index contributed by atoms with van der Waals surface area (Å²) in [7, 11) is 0. The Morgan fingerprint density at radius 1 is 1.43 bits per heavy atom. The van der Waals surface area contributed by atoms with E-state index in [2.05, 4.69) is 45.0 Å². The molecule has 0 aliphatic carbocycles. The maximum absolute atomic E-state index is 11.8. The molecule has 0 saturated heterocycles. The summed E-state index contributed by atoms with van der Waals surface area (Å²) in [6, 6.07) is 7.74. The molecule has 1 aromatic heterocycles. The molecule has 0 spiro atoms. The number of aromatic nitrogens is 3. The first-order valence-corrected chi connectivity index (χ1v) is 6.91. The second kappa shape index (κ2) is 7.39. The van der Waals surface area contributed by atoms with Crippen LogP contribution in [0, 0.1) is 0 Å². The van der Waals surface area contributed by atoms with Crippen molar-refractivity contribution in [3.8, 4) is 0 Å². The molecule has 0 fully saturated rings. The molecule has 7 heteroatoms. The summed E-state index contributed by atoms with van der Waals surface area (Å²) in [6.07, 6.45) is 1.40. The molecule has 21 heavy (non-hydrogen) atoms. The number of aromatic amines is 1. The normalized spacial score (nSPS) is 11.9. The number of urea groups is 1. The van der Waals surface area contributed by atoms with Gasteiger partial charge in [-0.25, -0.2) is 9.78 Å². The predicted molar refractivity (Wildman–Crippen MR) is 80.8 cm³/mol. The van der Waals surface area contributed by atoms with Crippen LogP contribution in [0.25, 0.3) is 0 Å². The van der Waals surface area contributed by atoms with Crippen molar-refractivity contribution in [1.29, 1.82) is 0 Å². The van der Waals surface area contributed by atoms with Crippen LogP contribution in [0.15, 0.2) is 30.6 Å². The number of nitrogens with one attached hydrogen (secondary N) is 4. The fourth-order valence-corrected chi connectivity index (χ4v) is 1.97. The van der Waals surface area contributed by atoms with E-state index in [9.17, 15) is 4.79 Å². The number of hydrogen-bond donors (Lipinski definition) is 4. The number of anilines is 1. The number of rotatable bonds is 6. The van der Waals surface area contributed by atoms with Gasteiger partial charge in [-0.3, -0.25) is 5.10 Å². The van der Waals surface area contributed by atoms with E-state index in [-0.39, 0.29) is 12.1 Å². The maximum Gasteiger partial charge on any atom is 0.319 e. The fraction of sp³-hybridized carbons (Fsp3) is 0.357. The molecular weight excluding hydrogens is 268 g/mol. The zero-order valence-electron chi connectivity index (χ0n) is 12.2. The zero-order chi connectivity index (χ0) is 15.1. The Morgan fingerprint density at radius 3 is 3.00 bits per heavy atom. The SMILES string of the molecule is CCNC(C)c1cccc(NC(=O)NCc2ncn[nH]2)c1. The standard InChI is InChI=1S/C14H20N6O/c1-3-15-10(2)11-5-4-6-12(7-11)19-14(21)16-8-13-17-9-18-20-13/h4-7,9-10,15H,3,8H2,1-2H3,(H2,16,19,21)(H,17,18,20). The summed E-state index contributed by atoms with van der Waals surface area (Å²) < 4.78 is 0. The van der Waals surface area contributed by atoms with E-state index in [1.807, 2.05) is 24.3 Å². The molecule has 2 rings (SSSR count). The molecule has 2 aromatic rings. The van der Waals surface area contributed by atoms with Crippen LogP contribution in [-0.2, 0) is 6.54 Å². The van der Waals surface area contributed by atoms with Crippen LogP contribution in [0.4, 0.5) is 10.5 Å². The molecular formula is C14H20N6O. The van der Waals surface area contributed by atoms with Crippen molar-refractivity contribution in [2.24, 2.45) is 0 Å². The fourth-order valence-electron chi connectivity index (χ4n) is 1.97. The molecule has 0 bridgehead atoms. The van der Waals surface area contributed by atoms with Gasteiger partial charge in [0.25, 0.3) is 0 Å². The summed E-state index contributed by atoms with van der Waals surface area (Å²) >= 11 is 0. The molecule has 1 aromatic carbocycles. The molecule has 0 aliphatic rings. The topological polar surface area (TPSA) is 94.7 Å². The minimum Gasteiger partial charge on any atom is -0.331 e. The third-order valence-corrected chi connectivity index (χ3v) is 3.04. The molecule has 0 saturated carbocycles. The first-order valence-electron chi connectivity index (χ1n) is 6.91. The molecule has 0 aliphatic heterocycles. The van der Waals surface area contributed by atoms with Gasteiger partial charge in [-0.15, -0.1) is 0 Å². The smallest absolute Gasteiger partial charge is 0.319 e. The first-order chi connectivity index (χ1) is 10.2. The number of H-pyrrole nitrogens is 1. The molecule has 4 N–H and O–H groups in total. The second-order valence-electron chi connectivity index (χ2n) is 4.64. The summed E-state index contributed by atoms with van der Waals surface area (Å²) in [5.41, 5.74) is 1.89. The highest BCUT2D eigenvalue weighted by Crippen LogP contribution is 2.17. The molecule has 7 nitrogen and oxygen atoms in total. The van der Waals surface area contributed by atoms with Crippen LogP contribution in [0.1, 0.15) is 31.3 Å². The van der Waals surface area contributed by atoms with Crippen LogP contribution in [0.3, 0.4) is 0 Å². The third-order valence-electron chi connectivity index (χ3n) is 3.04. The van der Waals surface area contributed by atoms with Crippen LogP contribution in [0.2, 0.25) is 0 Å². The summed E-state index contributed by atoms with van der Waals surface area (Å²) in [5, 5.41) is 15.2. The highest BCUT2D eigenvalue weighted by atomic mass is 16.2. The Labute approximate surface area is 123 Å². The molecule has 1 heterocycles. The second-order valence-corrected chi connectivity index (χ2v) is 4.64. The van der Waals surface area contributed by atoms with Gasteiger partial charge < -0.3 is 16.0 Å². The largest absolute Gasteiger partial charge is 0.331 e. The van der Waals surface area contributed by atoms with Crippen molar-refractivity contribution in [1.82, 2.24) is 25.8 Å². The maximum atomic E-state index is 11.8. The van der Waals surface area contributed by atoms with Gasteiger partial charge in [-0.1, -0.05) is 19.1 Å². The number of hydrogen-bond acceptors (Lipinski definition) is 4. The zero-order valence-corrected chi connectivity index (χ0v) is 12.2. The highest BCUT2D eigenvalue weighted by Gasteiger charge is 2.06. The monoisotopic (exact) mass is 288 g/mol. The molecule has 2 amide bonds. The van der Waals surface area contributed by atoms with Gasteiger partial charge in [0, 0.05) is 11.7 Å². The summed E-state index contributed by atoms with van der Waals surface area (Å²) in [6.45, 7) is 5.36. The molecule has 0 radical (unpaired) electrons. The molecule has 1 atom stereocenters. The van der Waals surface area contributed by atoms with Crippen molar-refractivity contribution in [3.63, 3.8) is 0 Å². The Kier molecular flexibility index (Phi) is 5.28. The van der Waals surface area contributed by atoms with E-state index >= 15 is 0 Å². The van der Waals surface area contributed by atoms with Gasteiger partial charge in [0.1, 0.15) is 12.2 Å². The van der Waals surface area contributed by atoms with Crippen LogP contribution >= 0.6 is 0 Å². The number of nitrogens with zero attached hydrogens (tertiary/aromatic N) is 2. The van der Waals surface area contributed by atoms with Crippen molar-refractivity contribution >= 4 is 11.7 Å². The average Bonchev–Trinajstić information content (AvgIpc) is 2.99. The Bertz CT molecular complexity index is 569. The number of carbonyl (C=O) groups excluding carboxylic acids is 1. The van der Waals surface area contributed by atoms with Crippen LogP contribution < -0.4 is 16.0 Å². The Hall–Kier alpha value is -2.41. The lowest BCUT2D eigenvalue weighted by atomic mass is 10.1. The summed E-state index contributed by atoms with van der Waals surface area (Å²) in [4.78, 5) is 15.8. The third kappa shape index (κ3) is 4.57.